The number of methoxy groups -OCH3 is 1. The molecule has 0 saturated heterocycles. The summed E-state index contributed by atoms with van der Waals surface area (Å²) >= 11 is 0. The lowest BCUT2D eigenvalue weighted by molar-refractivity contribution is -0.141. The van der Waals surface area contributed by atoms with Gasteiger partial charge < -0.3 is 19.7 Å². The minimum atomic E-state index is -0.866. The number of fused-ring (bicyclic) bond motifs is 1. The normalized spacial score (nSPS) is 13.6. The van der Waals surface area contributed by atoms with E-state index in [-0.39, 0.29) is 24.0 Å². The number of ether oxygens (including phenoxy) is 2. The second kappa shape index (κ2) is 11.5. The van der Waals surface area contributed by atoms with Crippen molar-refractivity contribution in [2.24, 2.45) is 0 Å². The van der Waals surface area contributed by atoms with Crippen molar-refractivity contribution >= 4 is 28.7 Å². The molecule has 0 radical (unpaired) electrons. The van der Waals surface area contributed by atoms with E-state index in [1.165, 1.54) is 12.7 Å². The van der Waals surface area contributed by atoms with Crippen LogP contribution in [0.3, 0.4) is 0 Å². The Bertz CT molecular complexity index is 1540. The van der Waals surface area contributed by atoms with Gasteiger partial charge in [-0.3, -0.25) is 20.0 Å². The molecule has 0 amide bonds. The molecule has 9 nitrogen and oxygen atoms in total. The first kappa shape index (κ1) is 26.8. The third-order valence-electron chi connectivity index (χ3n) is 6.76. The summed E-state index contributed by atoms with van der Waals surface area (Å²) in [6.45, 7) is 4.99. The molecule has 4 aromatic carbocycles. The smallest absolute Gasteiger partial charge is 0.328 e. The zero-order valence-electron chi connectivity index (χ0n) is 22.7. The number of hydrazine groups is 1. The van der Waals surface area contributed by atoms with E-state index in [1.54, 1.807) is 13.8 Å². The molecule has 206 valence electrons. The van der Waals surface area contributed by atoms with Gasteiger partial charge in [-0.1, -0.05) is 48.5 Å². The number of hydrogen-bond acceptors (Lipinski definition) is 9. The van der Waals surface area contributed by atoms with Gasteiger partial charge in [0.1, 0.15) is 18.4 Å². The molecular formula is C31H32N4O5. The Morgan fingerprint density at radius 1 is 0.925 bits per heavy atom. The van der Waals surface area contributed by atoms with Gasteiger partial charge >= 0.3 is 5.97 Å². The highest BCUT2D eigenvalue weighted by atomic mass is 16.5. The molecule has 0 saturated carbocycles. The predicted octanol–water partition coefficient (Wildman–Crippen LogP) is 4.08. The van der Waals surface area contributed by atoms with Crippen LogP contribution in [0.5, 0.6) is 5.75 Å². The quantitative estimate of drug-likeness (QED) is 0.228. The van der Waals surface area contributed by atoms with Crippen LogP contribution in [-0.2, 0) is 22.5 Å². The molecule has 0 spiro atoms. The van der Waals surface area contributed by atoms with Gasteiger partial charge in [0.2, 0.25) is 0 Å². The minimum absolute atomic E-state index is 0.0131. The molecule has 1 atom stereocenters. The summed E-state index contributed by atoms with van der Waals surface area (Å²) < 4.78 is 10.4. The molecule has 0 bridgehead atoms. The molecule has 1 aliphatic heterocycles. The molecule has 1 heterocycles. The van der Waals surface area contributed by atoms with Crippen molar-refractivity contribution in [3.63, 3.8) is 0 Å². The maximum atomic E-state index is 12.5. The topological polar surface area (TPSA) is 100 Å². The molecule has 0 unspecified atom stereocenters. The maximum absolute atomic E-state index is 12.5. The van der Waals surface area contributed by atoms with Crippen molar-refractivity contribution in [3.8, 4) is 5.75 Å². The Labute approximate surface area is 232 Å². The summed E-state index contributed by atoms with van der Waals surface area (Å²) in [5, 5.41) is 4.99. The third-order valence-corrected chi connectivity index (χ3v) is 6.76. The second-order valence-electron chi connectivity index (χ2n) is 9.99. The number of anilines is 4. The van der Waals surface area contributed by atoms with Crippen LogP contribution in [0.15, 0.2) is 88.5 Å². The monoisotopic (exact) mass is 540 g/mol. The molecular weight excluding hydrogens is 508 g/mol. The van der Waals surface area contributed by atoms with Gasteiger partial charge in [0, 0.05) is 18.7 Å². The fourth-order valence-electron chi connectivity index (χ4n) is 4.78. The second-order valence-corrected chi connectivity index (χ2v) is 9.99. The molecule has 0 aliphatic carbocycles. The Hall–Kier alpha value is -4.79. The highest BCUT2D eigenvalue weighted by Gasteiger charge is 2.29. The number of benzene rings is 3. The summed E-state index contributed by atoms with van der Waals surface area (Å²) in [6, 6.07) is 25.5. The van der Waals surface area contributed by atoms with Crippen LogP contribution in [0.25, 0.3) is 0 Å². The van der Waals surface area contributed by atoms with Crippen LogP contribution in [0, 0.1) is 0 Å². The van der Waals surface area contributed by atoms with Crippen LogP contribution >= 0.6 is 0 Å². The van der Waals surface area contributed by atoms with Crippen LogP contribution in [0.1, 0.15) is 25.0 Å². The van der Waals surface area contributed by atoms with E-state index in [4.69, 9.17) is 9.47 Å². The van der Waals surface area contributed by atoms with Crippen molar-refractivity contribution in [1.29, 1.82) is 0 Å². The largest absolute Gasteiger partial charge is 0.485 e. The number of rotatable bonds is 10. The first-order valence-corrected chi connectivity index (χ1v) is 13.2. The molecule has 0 aromatic heterocycles. The van der Waals surface area contributed by atoms with E-state index in [0.717, 1.165) is 29.2 Å². The Kier molecular flexibility index (Phi) is 7.72. The minimum Gasteiger partial charge on any atom is -0.485 e. The Morgan fingerprint density at radius 3 is 2.33 bits per heavy atom. The molecule has 0 fully saturated rings. The highest BCUT2D eigenvalue weighted by Crippen LogP contribution is 2.30. The van der Waals surface area contributed by atoms with E-state index >= 15 is 0 Å². The van der Waals surface area contributed by atoms with Gasteiger partial charge in [-0.2, -0.15) is 0 Å². The van der Waals surface area contributed by atoms with Gasteiger partial charge in [0.15, 0.2) is 5.75 Å². The summed E-state index contributed by atoms with van der Waals surface area (Å²) in [5.41, 5.74) is 7.34. The maximum Gasteiger partial charge on any atom is 0.328 e. The SMILES string of the molecule is COC(=O)[C@H](Cc1ccc(NN2CN(c3ccccc3)Cc3ccccc32)cc1)Nc1c(OC(C)C)c(=O)c1=O. The van der Waals surface area contributed by atoms with Crippen LogP contribution in [-0.4, -0.2) is 31.9 Å². The van der Waals surface area contributed by atoms with Crippen molar-refractivity contribution in [3.05, 3.63) is 110 Å². The molecule has 40 heavy (non-hydrogen) atoms. The summed E-state index contributed by atoms with van der Waals surface area (Å²) in [4.78, 5) is 39.0. The van der Waals surface area contributed by atoms with Gasteiger partial charge in [-0.25, -0.2) is 4.79 Å². The zero-order chi connectivity index (χ0) is 28.2. The lowest BCUT2D eigenvalue weighted by Crippen LogP contribution is -2.45. The standard InChI is InChI=1S/C31H32N4O5/c1-20(2)40-30-27(28(36)29(30)37)32-25(31(38)39-3)17-21-13-15-23(16-14-21)33-35-19-34(24-10-5-4-6-11-24)18-22-9-7-8-12-26(22)35/h4-16,20,25,32-33H,17-19H2,1-3H3/t25-/m0/s1. The summed E-state index contributed by atoms with van der Waals surface area (Å²) in [7, 11) is 1.28. The number of hydrogen-bond donors (Lipinski definition) is 2. The summed E-state index contributed by atoms with van der Waals surface area (Å²) in [5.74, 6) is -0.587. The van der Waals surface area contributed by atoms with Gasteiger partial charge in [-0.15, -0.1) is 0 Å². The third kappa shape index (κ3) is 5.63. The first-order chi connectivity index (χ1) is 19.3. The highest BCUT2D eigenvalue weighted by molar-refractivity contribution is 5.81. The van der Waals surface area contributed by atoms with Crippen LogP contribution < -0.4 is 36.2 Å². The van der Waals surface area contributed by atoms with Crippen LogP contribution in [0.2, 0.25) is 0 Å². The number of carbonyl (C=O) groups is 1. The molecule has 4 aromatic rings. The van der Waals surface area contributed by atoms with Gasteiger partial charge in [-0.05, 0) is 55.3 Å². The summed E-state index contributed by atoms with van der Waals surface area (Å²) in [6.07, 6.45) is -0.0339. The van der Waals surface area contributed by atoms with E-state index in [9.17, 15) is 14.4 Å². The van der Waals surface area contributed by atoms with Crippen molar-refractivity contribution in [2.75, 3.05) is 34.4 Å². The number of para-hydroxylation sites is 2. The number of nitrogens with one attached hydrogen (secondary N) is 2. The lowest BCUT2D eigenvalue weighted by atomic mass is 10.0. The van der Waals surface area contributed by atoms with Crippen molar-refractivity contribution in [1.82, 2.24) is 0 Å². The van der Waals surface area contributed by atoms with E-state index < -0.39 is 22.9 Å². The zero-order valence-corrected chi connectivity index (χ0v) is 22.7. The van der Waals surface area contributed by atoms with Crippen molar-refractivity contribution < 1.29 is 14.3 Å². The molecule has 2 N–H and O–H groups in total. The number of esters is 1. The average Bonchev–Trinajstić information content (AvgIpc) is 2.98. The van der Waals surface area contributed by atoms with E-state index in [2.05, 4.69) is 44.9 Å². The number of nitrogens with zero attached hydrogens (tertiary/aromatic N) is 2. The van der Waals surface area contributed by atoms with Crippen molar-refractivity contribution in [2.45, 2.75) is 39.0 Å². The predicted molar refractivity (Wildman–Crippen MR) is 157 cm³/mol. The molecule has 1 aliphatic rings. The number of carbonyl (C=O) groups excluding carboxylic acids is 1. The lowest BCUT2D eigenvalue weighted by Gasteiger charge is -2.40. The molecule has 5 rings (SSSR count). The Morgan fingerprint density at radius 2 is 1.62 bits per heavy atom. The van der Waals surface area contributed by atoms with E-state index in [0.29, 0.717) is 6.67 Å². The Balaban J connectivity index is 1.31. The van der Waals surface area contributed by atoms with Gasteiger partial charge in [0.05, 0.1) is 24.6 Å². The first-order valence-electron chi connectivity index (χ1n) is 13.2. The van der Waals surface area contributed by atoms with E-state index in [1.807, 2.05) is 54.6 Å². The fraction of sp³-hybridized carbons (Fsp3) is 0.258. The fourth-order valence-corrected chi connectivity index (χ4v) is 4.78. The van der Waals surface area contributed by atoms with Gasteiger partial charge in [0.25, 0.3) is 10.9 Å². The molecule has 9 heteroatoms. The average molecular weight is 541 g/mol. The van der Waals surface area contributed by atoms with Crippen LogP contribution in [0.4, 0.5) is 22.7 Å².